The van der Waals surface area contributed by atoms with Crippen molar-refractivity contribution < 1.29 is 19.5 Å². The predicted molar refractivity (Wildman–Crippen MR) is 139 cm³/mol. The number of aromatic nitrogens is 1. The Morgan fingerprint density at radius 3 is 2.61 bits per heavy atom. The minimum absolute atomic E-state index is 0.0451. The second-order valence-corrected chi connectivity index (χ2v) is 8.40. The van der Waals surface area contributed by atoms with Crippen LogP contribution in [0.25, 0.3) is 10.9 Å². The van der Waals surface area contributed by atoms with Crippen LogP contribution in [0, 0.1) is 10.1 Å². The Bertz CT molecular complexity index is 1350. The summed E-state index contributed by atoms with van der Waals surface area (Å²) >= 11 is 0. The van der Waals surface area contributed by atoms with E-state index in [4.69, 9.17) is 9.47 Å². The number of hydrogen-bond acceptors (Lipinski definition) is 8. The van der Waals surface area contributed by atoms with Crippen molar-refractivity contribution in [1.82, 2.24) is 9.88 Å². The van der Waals surface area contributed by atoms with Crippen LogP contribution in [0.15, 0.2) is 72.9 Å². The molecule has 1 aromatic heterocycles. The molecule has 0 aliphatic rings. The highest BCUT2D eigenvalue weighted by Crippen LogP contribution is 2.40. The first-order valence-electron chi connectivity index (χ1n) is 11.5. The van der Waals surface area contributed by atoms with Crippen LogP contribution < -0.4 is 14.8 Å². The summed E-state index contributed by atoms with van der Waals surface area (Å²) < 4.78 is 11.5. The molecule has 9 nitrogen and oxygen atoms in total. The summed E-state index contributed by atoms with van der Waals surface area (Å²) in [5.41, 5.74) is 2.34. The number of fused-ring (bicyclic) bond motifs is 1. The van der Waals surface area contributed by atoms with E-state index in [0.29, 0.717) is 34.7 Å². The Morgan fingerprint density at radius 2 is 1.89 bits per heavy atom. The monoisotopic (exact) mass is 488 g/mol. The number of anilines is 2. The Balaban J connectivity index is 1.51. The molecule has 0 saturated heterocycles. The number of nitrogens with one attached hydrogen (secondary N) is 1. The maximum atomic E-state index is 11.7. The number of methoxy groups -OCH3 is 1. The average Bonchev–Trinajstić information content (AvgIpc) is 2.86. The molecule has 3 aromatic carbocycles. The number of aromatic hydroxyl groups is 1. The molecule has 4 aromatic rings. The third kappa shape index (κ3) is 6.00. The molecule has 0 saturated carbocycles. The molecule has 0 unspecified atom stereocenters. The Labute approximate surface area is 209 Å². The molecular weight excluding hydrogens is 460 g/mol. The zero-order valence-corrected chi connectivity index (χ0v) is 20.2. The summed E-state index contributed by atoms with van der Waals surface area (Å²) in [6.07, 6.45) is 2.02. The van der Waals surface area contributed by atoms with Crippen LogP contribution >= 0.6 is 0 Å². The number of pyridine rings is 1. The van der Waals surface area contributed by atoms with Gasteiger partial charge in [0.2, 0.25) is 0 Å². The van der Waals surface area contributed by atoms with Crippen molar-refractivity contribution in [1.29, 1.82) is 0 Å². The van der Waals surface area contributed by atoms with Crippen LogP contribution in [0.5, 0.6) is 17.2 Å². The van der Waals surface area contributed by atoms with Crippen molar-refractivity contribution in [2.45, 2.75) is 13.0 Å². The highest BCUT2D eigenvalue weighted by molar-refractivity contribution is 5.99. The standard InChI is InChI=1S/C27H28N4O5/c1-30(18-19-8-4-3-5-9-19)12-7-13-36-26-16-23-22(15-25(26)35-2)27(24(17-28-23)31(33)34)29-20-10-6-11-21(32)14-20/h3-6,8-11,14-17,32H,7,12-13,18H2,1-2H3,(H,28,29). The summed E-state index contributed by atoms with van der Waals surface area (Å²) in [7, 11) is 3.59. The van der Waals surface area contributed by atoms with Crippen molar-refractivity contribution >= 4 is 28.0 Å². The van der Waals surface area contributed by atoms with E-state index in [1.165, 1.54) is 31.0 Å². The number of phenols is 1. The van der Waals surface area contributed by atoms with E-state index in [2.05, 4.69) is 34.4 Å². The third-order valence-electron chi connectivity index (χ3n) is 5.68. The van der Waals surface area contributed by atoms with Crippen LogP contribution in [0.3, 0.4) is 0 Å². The van der Waals surface area contributed by atoms with Gasteiger partial charge in [-0.2, -0.15) is 0 Å². The van der Waals surface area contributed by atoms with E-state index < -0.39 is 4.92 Å². The second-order valence-electron chi connectivity index (χ2n) is 8.40. The highest BCUT2D eigenvalue weighted by Gasteiger charge is 2.21. The van der Waals surface area contributed by atoms with Gasteiger partial charge in [0.15, 0.2) is 11.5 Å². The lowest BCUT2D eigenvalue weighted by Crippen LogP contribution is -2.20. The number of hydrogen-bond donors (Lipinski definition) is 2. The van der Waals surface area contributed by atoms with Gasteiger partial charge in [-0.15, -0.1) is 0 Å². The zero-order chi connectivity index (χ0) is 25.5. The fourth-order valence-corrected chi connectivity index (χ4v) is 3.95. The van der Waals surface area contributed by atoms with Crippen molar-refractivity contribution in [2.75, 3.05) is 32.6 Å². The van der Waals surface area contributed by atoms with Crippen molar-refractivity contribution in [3.8, 4) is 17.2 Å². The summed E-state index contributed by atoms with van der Waals surface area (Å²) in [6.45, 7) is 2.19. The Kier molecular flexibility index (Phi) is 7.82. The third-order valence-corrected chi connectivity index (χ3v) is 5.68. The number of nitro groups is 1. The molecule has 0 bridgehead atoms. The molecule has 0 aliphatic carbocycles. The predicted octanol–water partition coefficient (Wildman–Crippen LogP) is 5.50. The maximum Gasteiger partial charge on any atom is 0.311 e. The SMILES string of the molecule is COc1cc2c(Nc3cccc(O)c3)c([N+](=O)[O-])cnc2cc1OCCCN(C)Cc1ccccc1. The number of nitrogens with zero attached hydrogens (tertiary/aromatic N) is 3. The summed E-state index contributed by atoms with van der Waals surface area (Å²) in [5.74, 6) is 1.01. The van der Waals surface area contributed by atoms with E-state index in [1.807, 2.05) is 18.2 Å². The van der Waals surface area contributed by atoms with Crippen molar-refractivity contribution in [2.24, 2.45) is 0 Å². The molecule has 0 radical (unpaired) electrons. The molecule has 0 spiro atoms. The summed E-state index contributed by atoms with van der Waals surface area (Å²) in [4.78, 5) is 17.7. The number of benzene rings is 3. The lowest BCUT2D eigenvalue weighted by atomic mass is 10.1. The van der Waals surface area contributed by atoms with Gasteiger partial charge in [-0.05, 0) is 37.2 Å². The average molecular weight is 489 g/mol. The molecule has 0 aliphatic heterocycles. The fourth-order valence-electron chi connectivity index (χ4n) is 3.95. The van der Waals surface area contributed by atoms with Gasteiger partial charge in [0, 0.05) is 36.3 Å². The van der Waals surface area contributed by atoms with E-state index in [0.717, 1.165) is 19.5 Å². The number of rotatable bonds is 11. The molecule has 0 atom stereocenters. The molecule has 0 fully saturated rings. The largest absolute Gasteiger partial charge is 0.508 e. The topological polar surface area (TPSA) is 110 Å². The van der Waals surface area contributed by atoms with Crippen LogP contribution in [0.4, 0.5) is 17.1 Å². The van der Waals surface area contributed by atoms with Crippen LogP contribution in [-0.2, 0) is 6.54 Å². The number of phenolic OH excluding ortho intramolecular Hbond substituents is 1. The maximum absolute atomic E-state index is 11.7. The normalized spacial score (nSPS) is 11.0. The van der Waals surface area contributed by atoms with E-state index in [-0.39, 0.29) is 17.1 Å². The van der Waals surface area contributed by atoms with Crippen LogP contribution in [0.2, 0.25) is 0 Å². The van der Waals surface area contributed by atoms with Crippen LogP contribution in [-0.4, -0.2) is 47.2 Å². The van der Waals surface area contributed by atoms with Crippen LogP contribution in [0.1, 0.15) is 12.0 Å². The molecule has 1 heterocycles. The Hall–Kier alpha value is -4.37. The molecule has 186 valence electrons. The zero-order valence-electron chi connectivity index (χ0n) is 20.2. The van der Waals surface area contributed by atoms with E-state index in [1.54, 1.807) is 24.3 Å². The van der Waals surface area contributed by atoms with Crippen molar-refractivity contribution in [3.05, 3.63) is 88.6 Å². The van der Waals surface area contributed by atoms with Gasteiger partial charge >= 0.3 is 5.69 Å². The first-order chi connectivity index (χ1) is 17.4. The molecule has 36 heavy (non-hydrogen) atoms. The van der Waals surface area contributed by atoms with Gasteiger partial charge in [-0.3, -0.25) is 10.1 Å². The van der Waals surface area contributed by atoms with Gasteiger partial charge in [-0.25, -0.2) is 4.98 Å². The summed E-state index contributed by atoms with van der Waals surface area (Å²) in [5, 5.41) is 25.0. The minimum atomic E-state index is -0.500. The molecule has 9 heteroatoms. The molecule has 4 rings (SSSR count). The van der Waals surface area contributed by atoms with E-state index >= 15 is 0 Å². The fraction of sp³-hybridized carbons (Fsp3) is 0.222. The van der Waals surface area contributed by atoms with Gasteiger partial charge in [0.25, 0.3) is 0 Å². The first kappa shape index (κ1) is 24.7. The number of ether oxygens (including phenoxy) is 2. The molecule has 2 N–H and O–H groups in total. The minimum Gasteiger partial charge on any atom is -0.508 e. The van der Waals surface area contributed by atoms with Gasteiger partial charge < -0.3 is 24.8 Å². The summed E-state index contributed by atoms with van der Waals surface area (Å²) in [6, 6.07) is 20.0. The van der Waals surface area contributed by atoms with E-state index in [9.17, 15) is 15.2 Å². The second kappa shape index (κ2) is 11.4. The smallest absolute Gasteiger partial charge is 0.311 e. The molecule has 0 amide bonds. The van der Waals surface area contributed by atoms with Gasteiger partial charge in [0.05, 0.1) is 24.2 Å². The molecular formula is C27H28N4O5. The lowest BCUT2D eigenvalue weighted by Gasteiger charge is -2.18. The highest BCUT2D eigenvalue weighted by atomic mass is 16.6. The Morgan fingerprint density at radius 1 is 1.08 bits per heavy atom. The van der Waals surface area contributed by atoms with Crippen molar-refractivity contribution in [3.63, 3.8) is 0 Å². The quantitative estimate of drug-likeness (QED) is 0.162. The lowest BCUT2D eigenvalue weighted by molar-refractivity contribution is -0.384. The van der Waals surface area contributed by atoms with Gasteiger partial charge in [0.1, 0.15) is 17.6 Å². The van der Waals surface area contributed by atoms with Gasteiger partial charge in [-0.1, -0.05) is 36.4 Å². The first-order valence-corrected chi connectivity index (χ1v) is 11.5.